The second-order valence-corrected chi connectivity index (χ2v) is 4.03. The van der Waals surface area contributed by atoms with Gasteiger partial charge in [-0.1, -0.05) is 12.1 Å². The first kappa shape index (κ1) is 9.73. The fourth-order valence-electron chi connectivity index (χ4n) is 2.11. The predicted octanol–water partition coefficient (Wildman–Crippen LogP) is 3.64. The summed E-state index contributed by atoms with van der Waals surface area (Å²) in [5, 5.41) is 11.4. The largest absolute Gasteiger partial charge is 0.192 e. The van der Waals surface area contributed by atoms with Gasteiger partial charge in [0.25, 0.3) is 0 Å². The van der Waals surface area contributed by atoms with E-state index in [0.717, 1.165) is 5.56 Å². The van der Waals surface area contributed by atoms with Crippen LogP contribution in [0.25, 0.3) is 10.8 Å². The summed E-state index contributed by atoms with van der Waals surface area (Å²) in [6.07, 6.45) is 0. The maximum absolute atomic E-state index is 8.93. The number of rotatable bonds is 0. The van der Waals surface area contributed by atoms with Crippen LogP contribution in [0.3, 0.4) is 0 Å². The Morgan fingerprint density at radius 3 is 2.27 bits per heavy atom. The lowest BCUT2D eigenvalue weighted by Crippen LogP contribution is -1.88. The molecule has 0 spiro atoms. The highest BCUT2D eigenvalue weighted by Crippen LogP contribution is 2.26. The summed E-state index contributed by atoms with van der Waals surface area (Å²) in [5.41, 5.74) is 4.44. The Morgan fingerprint density at radius 1 is 0.933 bits per heavy atom. The third kappa shape index (κ3) is 1.49. The predicted molar refractivity (Wildman–Crippen MR) is 62.9 cm³/mol. The van der Waals surface area contributed by atoms with E-state index in [9.17, 15) is 0 Å². The van der Waals surface area contributed by atoms with Crippen molar-refractivity contribution < 1.29 is 0 Å². The van der Waals surface area contributed by atoms with Gasteiger partial charge >= 0.3 is 0 Å². The fourth-order valence-corrected chi connectivity index (χ4v) is 2.11. The highest BCUT2D eigenvalue weighted by molar-refractivity contribution is 5.92. The molecule has 0 aliphatic rings. The van der Waals surface area contributed by atoms with Crippen molar-refractivity contribution in [3.8, 4) is 6.07 Å². The van der Waals surface area contributed by atoms with Gasteiger partial charge in [-0.3, -0.25) is 0 Å². The summed E-state index contributed by atoms with van der Waals surface area (Å²) < 4.78 is 0. The lowest BCUT2D eigenvalue weighted by Gasteiger charge is -2.09. The van der Waals surface area contributed by atoms with Crippen LogP contribution in [-0.2, 0) is 0 Å². The molecule has 0 saturated heterocycles. The molecule has 2 aromatic carbocycles. The molecule has 2 aromatic rings. The van der Waals surface area contributed by atoms with Gasteiger partial charge in [-0.15, -0.1) is 0 Å². The normalized spacial score (nSPS) is 10.3. The maximum Gasteiger partial charge on any atom is 0.0991 e. The monoisotopic (exact) mass is 195 g/mol. The first-order valence-corrected chi connectivity index (χ1v) is 5.04. The number of benzene rings is 2. The summed E-state index contributed by atoms with van der Waals surface area (Å²) in [5.74, 6) is 0. The molecule has 74 valence electrons. The van der Waals surface area contributed by atoms with Gasteiger partial charge in [-0.25, -0.2) is 0 Å². The summed E-state index contributed by atoms with van der Waals surface area (Å²) in [6.45, 7) is 6.26. The summed E-state index contributed by atoms with van der Waals surface area (Å²) in [6, 6.07) is 10.4. The molecule has 2 rings (SSSR count). The van der Waals surface area contributed by atoms with Gasteiger partial charge in [-0.2, -0.15) is 5.26 Å². The van der Waals surface area contributed by atoms with Gasteiger partial charge in [0, 0.05) is 0 Å². The van der Waals surface area contributed by atoms with Crippen LogP contribution in [0.15, 0.2) is 24.3 Å². The zero-order chi connectivity index (χ0) is 11.0. The number of nitrogens with zero attached hydrogens (tertiary/aromatic N) is 1. The Hall–Kier alpha value is -1.81. The molecule has 15 heavy (non-hydrogen) atoms. The Morgan fingerprint density at radius 2 is 1.60 bits per heavy atom. The molecule has 1 heteroatoms. The van der Waals surface area contributed by atoms with Crippen molar-refractivity contribution in [2.24, 2.45) is 0 Å². The number of aryl methyl sites for hydroxylation is 3. The molecule has 0 N–H and O–H groups in total. The minimum Gasteiger partial charge on any atom is -0.192 e. The van der Waals surface area contributed by atoms with E-state index in [1.54, 1.807) is 0 Å². The van der Waals surface area contributed by atoms with E-state index in [0.29, 0.717) is 0 Å². The molecular weight excluding hydrogens is 182 g/mol. The molecule has 0 heterocycles. The Kier molecular flexibility index (Phi) is 2.21. The van der Waals surface area contributed by atoms with E-state index in [1.165, 1.54) is 27.5 Å². The highest BCUT2D eigenvalue weighted by atomic mass is 14.2. The summed E-state index contributed by atoms with van der Waals surface area (Å²) >= 11 is 0. The van der Waals surface area contributed by atoms with Crippen LogP contribution in [0.2, 0.25) is 0 Å². The van der Waals surface area contributed by atoms with Gasteiger partial charge in [-0.05, 0) is 60.4 Å². The standard InChI is InChI=1S/C14H13N/c1-9-4-5-10(2)14-11(3)6-12(8-15)7-13(9)14/h4-7H,1-3H3. The van der Waals surface area contributed by atoms with Gasteiger partial charge in [0.15, 0.2) is 0 Å². The molecule has 0 aliphatic heterocycles. The Labute approximate surface area is 90.0 Å². The van der Waals surface area contributed by atoms with Crippen molar-refractivity contribution in [1.82, 2.24) is 0 Å². The van der Waals surface area contributed by atoms with Crippen LogP contribution in [0, 0.1) is 32.1 Å². The third-order valence-electron chi connectivity index (χ3n) is 2.87. The van der Waals surface area contributed by atoms with Crippen LogP contribution in [-0.4, -0.2) is 0 Å². The van der Waals surface area contributed by atoms with Crippen LogP contribution in [0.1, 0.15) is 22.3 Å². The van der Waals surface area contributed by atoms with E-state index in [1.807, 2.05) is 12.1 Å². The third-order valence-corrected chi connectivity index (χ3v) is 2.87. The molecule has 0 unspecified atom stereocenters. The molecule has 0 fully saturated rings. The van der Waals surface area contributed by atoms with Crippen molar-refractivity contribution in [3.63, 3.8) is 0 Å². The smallest absolute Gasteiger partial charge is 0.0991 e. The molecule has 1 nitrogen and oxygen atoms in total. The zero-order valence-electron chi connectivity index (χ0n) is 9.26. The van der Waals surface area contributed by atoms with Crippen molar-refractivity contribution in [2.45, 2.75) is 20.8 Å². The molecule has 0 bridgehead atoms. The lowest BCUT2D eigenvalue weighted by molar-refractivity contribution is 1.40. The van der Waals surface area contributed by atoms with E-state index >= 15 is 0 Å². The van der Waals surface area contributed by atoms with Gasteiger partial charge in [0.1, 0.15) is 0 Å². The average Bonchev–Trinajstić information content (AvgIpc) is 2.23. The van der Waals surface area contributed by atoms with Crippen LogP contribution in [0.5, 0.6) is 0 Å². The number of hydrogen-bond acceptors (Lipinski definition) is 1. The minimum absolute atomic E-state index is 0.744. The van der Waals surface area contributed by atoms with Crippen molar-refractivity contribution in [1.29, 1.82) is 5.26 Å². The highest BCUT2D eigenvalue weighted by Gasteiger charge is 2.05. The van der Waals surface area contributed by atoms with E-state index in [4.69, 9.17) is 5.26 Å². The quantitative estimate of drug-likeness (QED) is 0.629. The number of nitriles is 1. The van der Waals surface area contributed by atoms with E-state index in [2.05, 4.69) is 39.0 Å². The Balaban J connectivity index is 2.98. The second kappa shape index (κ2) is 3.40. The first-order valence-electron chi connectivity index (χ1n) is 5.04. The maximum atomic E-state index is 8.93. The molecular formula is C14H13N. The second-order valence-electron chi connectivity index (χ2n) is 4.03. The number of fused-ring (bicyclic) bond motifs is 1. The van der Waals surface area contributed by atoms with Crippen molar-refractivity contribution >= 4 is 10.8 Å². The zero-order valence-corrected chi connectivity index (χ0v) is 9.26. The molecule has 0 saturated carbocycles. The van der Waals surface area contributed by atoms with Gasteiger partial charge in [0.05, 0.1) is 11.6 Å². The van der Waals surface area contributed by atoms with Crippen LogP contribution in [0.4, 0.5) is 0 Å². The molecule has 0 atom stereocenters. The molecule has 0 radical (unpaired) electrons. The number of hydrogen-bond donors (Lipinski definition) is 0. The Bertz CT molecular complexity index is 574. The molecule has 0 amide bonds. The summed E-state index contributed by atoms with van der Waals surface area (Å²) in [7, 11) is 0. The topological polar surface area (TPSA) is 23.8 Å². The van der Waals surface area contributed by atoms with E-state index < -0.39 is 0 Å². The minimum atomic E-state index is 0.744. The first-order chi connectivity index (χ1) is 7.13. The van der Waals surface area contributed by atoms with Crippen LogP contribution < -0.4 is 0 Å². The average molecular weight is 195 g/mol. The van der Waals surface area contributed by atoms with Gasteiger partial charge in [0.2, 0.25) is 0 Å². The lowest BCUT2D eigenvalue weighted by atomic mass is 9.95. The van der Waals surface area contributed by atoms with Crippen molar-refractivity contribution in [2.75, 3.05) is 0 Å². The molecule has 0 aliphatic carbocycles. The fraction of sp³-hybridized carbons (Fsp3) is 0.214. The van der Waals surface area contributed by atoms with Crippen molar-refractivity contribution in [3.05, 3.63) is 46.5 Å². The van der Waals surface area contributed by atoms with Crippen LogP contribution >= 0.6 is 0 Å². The van der Waals surface area contributed by atoms with E-state index in [-0.39, 0.29) is 0 Å². The SMILES string of the molecule is Cc1ccc(C)c2c(C)cc(C#N)cc12. The van der Waals surface area contributed by atoms with Gasteiger partial charge < -0.3 is 0 Å². The summed E-state index contributed by atoms with van der Waals surface area (Å²) in [4.78, 5) is 0. The molecule has 0 aromatic heterocycles.